The molecule has 0 saturated carbocycles. The van der Waals surface area contributed by atoms with Gasteiger partial charge >= 0.3 is 0 Å². The van der Waals surface area contributed by atoms with E-state index in [1.54, 1.807) is 22.4 Å². The molecule has 0 bridgehead atoms. The van der Waals surface area contributed by atoms with Crippen molar-refractivity contribution in [3.8, 4) is 0 Å². The van der Waals surface area contributed by atoms with E-state index in [4.69, 9.17) is 0 Å². The fourth-order valence-electron chi connectivity index (χ4n) is 2.44. The normalized spacial score (nSPS) is 14.4. The molecule has 0 spiro atoms. The Balaban J connectivity index is 1.58. The number of nitrogens with one attached hydrogen (secondary N) is 1. The van der Waals surface area contributed by atoms with Crippen molar-refractivity contribution < 1.29 is 9.59 Å². The molecule has 6 heteroatoms. The average Bonchev–Trinajstić information content (AvgIpc) is 3.17. The molecule has 1 N–H and O–H groups in total. The highest BCUT2D eigenvalue weighted by Gasteiger charge is 2.22. The van der Waals surface area contributed by atoms with Gasteiger partial charge in [0.15, 0.2) is 0 Å². The van der Waals surface area contributed by atoms with Crippen LogP contribution in [-0.4, -0.2) is 23.3 Å². The molecule has 114 valence electrons. The summed E-state index contributed by atoms with van der Waals surface area (Å²) in [5, 5.41) is 4.87. The summed E-state index contributed by atoms with van der Waals surface area (Å²) in [6.45, 7) is 1.17. The van der Waals surface area contributed by atoms with Crippen molar-refractivity contribution in [2.75, 3.05) is 11.4 Å². The lowest BCUT2D eigenvalue weighted by atomic mass is 10.2. The van der Waals surface area contributed by atoms with Crippen molar-refractivity contribution >= 4 is 29.0 Å². The molecule has 0 radical (unpaired) electrons. The zero-order valence-electron chi connectivity index (χ0n) is 12.1. The van der Waals surface area contributed by atoms with E-state index in [1.807, 2.05) is 29.6 Å². The van der Waals surface area contributed by atoms with Crippen LogP contribution in [0.1, 0.15) is 23.3 Å². The van der Waals surface area contributed by atoms with Crippen molar-refractivity contribution in [2.45, 2.75) is 25.8 Å². The lowest BCUT2D eigenvalue weighted by Crippen LogP contribution is -2.26. The Kier molecular flexibility index (Phi) is 4.48. The third-order valence-corrected chi connectivity index (χ3v) is 4.44. The molecular formula is C16H17N3O2S. The highest BCUT2D eigenvalue weighted by Crippen LogP contribution is 2.19. The number of anilines is 1. The summed E-state index contributed by atoms with van der Waals surface area (Å²) in [7, 11) is 0. The number of rotatable bonds is 5. The number of hydrogen-bond acceptors (Lipinski definition) is 4. The van der Waals surface area contributed by atoms with Gasteiger partial charge in [-0.15, -0.1) is 11.3 Å². The lowest BCUT2D eigenvalue weighted by Gasteiger charge is -2.15. The molecule has 1 fully saturated rings. The molecule has 3 heterocycles. The first-order chi connectivity index (χ1) is 10.7. The molecule has 3 rings (SSSR count). The molecule has 0 unspecified atom stereocenters. The molecule has 1 saturated heterocycles. The zero-order chi connectivity index (χ0) is 15.4. The molecule has 1 aliphatic heterocycles. The van der Waals surface area contributed by atoms with Gasteiger partial charge in [-0.3, -0.25) is 14.5 Å². The van der Waals surface area contributed by atoms with Gasteiger partial charge in [-0.2, -0.15) is 0 Å². The summed E-state index contributed by atoms with van der Waals surface area (Å²) in [4.78, 5) is 30.7. The maximum Gasteiger partial charge on any atom is 0.228 e. The molecule has 0 atom stereocenters. The van der Waals surface area contributed by atoms with Crippen molar-refractivity contribution in [3.63, 3.8) is 0 Å². The summed E-state index contributed by atoms with van der Waals surface area (Å²) in [5.41, 5.74) is 0.948. The summed E-state index contributed by atoms with van der Waals surface area (Å²) < 4.78 is 0. The minimum Gasteiger partial charge on any atom is -0.352 e. The van der Waals surface area contributed by atoms with Gasteiger partial charge in [0.2, 0.25) is 11.8 Å². The SMILES string of the molecule is O=C(Cc1cccs1)NCc1ccnc(N2CCCC2=O)c1. The first-order valence-corrected chi connectivity index (χ1v) is 8.15. The van der Waals surface area contributed by atoms with Crippen molar-refractivity contribution in [3.05, 3.63) is 46.3 Å². The molecular weight excluding hydrogens is 298 g/mol. The van der Waals surface area contributed by atoms with E-state index in [2.05, 4.69) is 10.3 Å². The number of carbonyl (C=O) groups is 2. The minimum absolute atomic E-state index is 0.00180. The minimum atomic E-state index is -0.00180. The van der Waals surface area contributed by atoms with Gasteiger partial charge in [-0.05, 0) is 35.6 Å². The van der Waals surface area contributed by atoms with Crippen LogP contribution in [0, 0.1) is 0 Å². The van der Waals surface area contributed by atoms with E-state index >= 15 is 0 Å². The number of pyridine rings is 1. The fourth-order valence-corrected chi connectivity index (χ4v) is 3.15. The Labute approximate surface area is 133 Å². The second-order valence-electron chi connectivity index (χ2n) is 5.20. The van der Waals surface area contributed by atoms with Crippen molar-refractivity contribution in [2.24, 2.45) is 0 Å². The van der Waals surface area contributed by atoms with Gasteiger partial charge in [0.05, 0.1) is 6.42 Å². The topological polar surface area (TPSA) is 62.3 Å². The van der Waals surface area contributed by atoms with E-state index in [1.165, 1.54) is 0 Å². The Bertz CT molecular complexity index is 670. The molecule has 5 nitrogen and oxygen atoms in total. The first kappa shape index (κ1) is 14.7. The van der Waals surface area contributed by atoms with Gasteiger partial charge in [0, 0.05) is 30.6 Å². The number of nitrogens with zero attached hydrogens (tertiary/aromatic N) is 2. The smallest absolute Gasteiger partial charge is 0.228 e. The third-order valence-electron chi connectivity index (χ3n) is 3.56. The van der Waals surface area contributed by atoms with Crippen LogP contribution in [0.3, 0.4) is 0 Å². The highest BCUT2D eigenvalue weighted by atomic mass is 32.1. The quantitative estimate of drug-likeness (QED) is 0.919. The second kappa shape index (κ2) is 6.70. The summed E-state index contributed by atoms with van der Waals surface area (Å²) in [6.07, 6.45) is 3.55. The van der Waals surface area contributed by atoms with Crippen LogP contribution < -0.4 is 10.2 Å². The van der Waals surface area contributed by atoms with Gasteiger partial charge in [-0.25, -0.2) is 4.98 Å². The number of carbonyl (C=O) groups excluding carboxylic acids is 2. The maximum atomic E-state index is 11.9. The van der Waals surface area contributed by atoms with Gasteiger partial charge in [0.25, 0.3) is 0 Å². The predicted octanol–water partition coefficient (Wildman–Crippen LogP) is 2.13. The van der Waals surface area contributed by atoms with E-state index in [-0.39, 0.29) is 11.8 Å². The first-order valence-electron chi connectivity index (χ1n) is 7.27. The number of hydrogen-bond donors (Lipinski definition) is 1. The Morgan fingerprint density at radius 1 is 1.41 bits per heavy atom. The lowest BCUT2D eigenvalue weighted by molar-refractivity contribution is -0.120. The standard InChI is InChI=1S/C16H17N3O2S/c20-15(10-13-3-2-8-22-13)18-11-12-5-6-17-14(9-12)19-7-1-4-16(19)21/h2-3,5-6,8-9H,1,4,7,10-11H2,(H,18,20). The number of thiophene rings is 1. The molecule has 22 heavy (non-hydrogen) atoms. The molecule has 2 amide bonds. The predicted molar refractivity (Wildman–Crippen MR) is 85.7 cm³/mol. The number of amides is 2. The van der Waals surface area contributed by atoms with Crippen molar-refractivity contribution in [1.82, 2.24) is 10.3 Å². The Hall–Kier alpha value is -2.21. The van der Waals surface area contributed by atoms with Crippen LogP contribution >= 0.6 is 11.3 Å². The zero-order valence-corrected chi connectivity index (χ0v) is 12.9. The van der Waals surface area contributed by atoms with Crippen LogP contribution in [0.15, 0.2) is 35.8 Å². The third kappa shape index (κ3) is 3.51. The largest absolute Gasteiger partial charge is 0.352 e. The van der Waals surface area contributed by atoms with Crippen LogP contribution in [0.5, 0.6) is 0 Å². The molecule has 2 aromatic rings. The van der Waals surface area contributed by atoms with Gasteiger partial charge in [-0.1, -0.05) is 6.07 Å². The monoisotopic (exact) mass is 315 g/mol. The summed E-state index contributed by atoms with van der Waals surface area (Å²) >= 11 is 1.58. The van der Waals surface area contributed by atoms with Gasteiger partial charge < -0.3 is 5.32 Å². The highest BCUT2D eigenvalue weighted by molar-refractivity contribution is 7.10. The van der Waals surface area contributed by atoms with E-state index in [0.717, 1.165) is 23.4 Å². The van der Waals surface area contributed by atoms with E-state index in [0.29, 0.717) is 25.2 Å². The summed E-state index contributed by atoms with van der Waals surface area (Å²) in [5.74, 6) is 0.789. The second-order valence-corrected chi connectivity index (χ2v) is 6.24. The molecule has 2 aromatic heterocycles. The Morgan fingerprint density at radius 3 is 3.05 bits per heavy atom. The summed E-state index contributed by atoms with van der Waals surface area (Å²) in [6, 6.07) is 7.62. The number of aromatic nitrogens is 1. The Morgan fingerprint density at radius 2 is 2.32 bits per heavy atom. The molecule has 0 aromatic carbocycles. The van der Waals surface area contributed by atoms with Gasteiger partial charge in [0.1, 0.15) is 5.82 Å². The van der Waals surface area contributed by atoms with E-state index < -0.39 is 0 Å². The van der Waals surface area contributed by atoms with Crippen molar-refractivity contribution in [1.29, 1.82) is 0 Å². The molecule has 1 aliphatic rings. The van der Waals surface area contributed by atoms with Crippen LogP contribution in [0.4, 0.5) is 5.82 Å². The molecule has 0 aliphatic carbocycles. The fraction of sp³-hybridized carbons (Fsp3) is 0.312. The van der Waals surface area contributed by atoms with Crippen LogP contribution in [0.25, 0.3) is 0 Å². The average molecular weight is 315 g/mol. The van der Waals surface area contributed by atoms with E-state index in [9.17, 15) is 9.59 Å². The maximum absolute atomic E-state index is 11.9. The van der Waals surface area contributed by atoms with Crippen LogP contribution in [0.2, 0.25) is 0 Å². The van der Waals surface area contributed by atoms with Crippen LogP contribution in [-0.2, 0) is 22.6 Å².